The topological polar surface area (TPSA) is 28.2 Å². The first-order valence-electron chi connectivity index (χ1n) is 7.04. The largest absolute Gasteiger partial charge is 0.308 e. The zero-order valence-corrected chi connectivity index (χ0v) is 13.0. The fraction of sp³-hybridized carbons (Fsp3) is 0.786. The Hall–Kier alpha value is -0.450. The zero-order valence-electron chi connectivity index (χ0n) is 12.2. The Bertz CT molecular complexity index is 317. The van der Waals surface area contributed by atoms with Crippen molar-refractivity contribution in [2.24, 2.45) is 0 Å². The van der Waals surface area contributed by atoms with Crippen molar-refractivity contribution >= 4 is 11.3 Å². The molecule has 1 heterocycles. The second kappa shape index (κ2) is 8.62. The summed E-state index contributed by atoms with van der Waals surface area (Å²) in [5.41, 5.74) is 1.22. The third kappa shape index (κ3) is 5.94. The average molecular weight is 269 g/mol. The molecule has 0 fully saturated rings. The van der Waals surface area contributed by atoms with E-state index < -0.39 is 0 Å². The maximum Gasteiger partial charge on any atom is 0.107 e. The van der Waals surface area contributed by atoms with Crippen LogP contribution in [0.15, 0.2) is 5.38 Å². The van der Waals surface area contributed by atoms with Gasteiger partial charge in [0.15, 0.2) is 0 Å². The maximum absolute atomic E-state index is 4.70. The second-order valence-electron chi connectivity index (χ2n) is 5.04. The lowest BCUT2D eigenvalue weighted by atomic mass is 10.3. The van der Waals surface area contributed by atoms with Crippen molar-refractivity contribution in [2.75, 3.05) is 13.1 Å². The van der Waals surface area contributed by atoms with Gasteiger partial charge in [0.2, 0.25) is 0 Å². The van der Waals surface area contributed by atoms with Crippen LogP contribution in [0.5, 0.6) is 0 Å². The van der Waals surface area contributed by atoms with E-state index in [-0.39, 0.29) is 0 Å². The minimum absolute atomic E-state index is 0.522. The molecule has 0 aliphatic carbocycles. The summed E-state index contributed by atoms with van der Waals surface area (Å²) in [6.45, 7) is 13.0. The van der Waals surface area contributed by atoms with Gasteiger partial charge in [0, 0.05) is 24.5 Å². The van der Waals surface area contributed by atoms with Gasteiger partial charge in [0.25, 0.3) is 0 Å². The van der Waals surface area contributed by atoms with Gasteiger partial charge in [-0.3, -0.25) is 4.90 Å². The minimum atomic E-state index is 0.522. The number of thiazole rings is 1. The Kier molecular flexibility index (Phi) is 7.47. The van der Waals surface area contributed by atoms with E-state index in [4.69, 9.17) is 4.98 Å². The van der Waals surface area contributed by atoms with Crippen molar-refractivity contribution < 1.29 is 0 Å². The number of nitrogens with zero attached hydrogens (tertiary/aromatic N) is 2. The van der Waals surface area contributed by atoms with E-state index >= 15 is 0 Å². The SMILES string of the molecule is CCCN(CCC)Cc1csc(CNC(C)C)n1. The molecule has 0 bridgehead atoms. The first-order valence-corrected chi connectivity index (χ1v) is 7.92. The summed E-state index contributed by atoms with van der Waals surface area (Å²) in [6, 6.07) is 0.522. The van der Waals surface area contributed by atoms with Crippen molar-refractivity contribution in [3.05, 3.63) is 16.1 Å². The standard InChI is InChI=1S/C14H27N3S/c1-5-7-17(8-6-2)10-13-11-18-14(16-13)9-15-12(3)4/h11-12,15H,5-10H2,1-4H3. The van der Waals surface area contributed by atoms with E-state index in [9.17, 15) is 0 Å². The van der Waals surface area contributed by atoms with Crippen molar-refractivity contribution in [2.45, 2.75) is 59.7 Å². The fourth-order valence-corrected chi connectivity index (χ4v) is 2.66. The molecule has 0 atom stereocenters. The van der Waals surface area contributed by atoms with Crippen LogP contribution in [-0.2, 0) is 13.1 Å². The first kappa shape index (κ1) is 15.6. The smallest absolute Gasteiger partial charge is 0.107 e. The Morgan fingerprint density at radius 1 is 1.28 bits per heavy atom. The lowest BCUT2D eigenvalue weighted by molar-refractivity contribution is 0.264. The Labute approximate surface area is 116 Å². The van der Waals surface area contributed by atoms with Crippen molar-refractivity contribution in [1.29, 1.82) is 0 Å². The lowest BCUT2D eigenvalue weighted by Gasteiger charge is -2.19. The van der Waals surface area contributed by atoms with Crippen molar-refractivity contribution in [1.82, 2.24) is 15.2 Å². The molecular formula is C14H27N3S. The summed E-state index contributed by atoms with van der Waals surface area (Å²) in [5, 5.41) is 6.82. The summed E-state index contributed by atoms with van der Waals surface area (Å²) in [7, 11) is 0. The molecule has 0 spiro atoms. The van der Waals surface area contributed by atoms with Crippen LogP contribution in [0, 0.1) is 0 Å². The van der Waals surface area contributed by atoms with Crippen LogP contribution < -0.4 is 5.32 Å². The molecule has 0 aliphatic heterocycles. The van der Waals surface area contributed by atoms with Gasteiger partial charge < -0.3 is 5.32 Å². The van der Waals surface area contributed by atoms with Crippen LogP contribution >= 0.6 is 11.3 Å². The fourth-order valence-electron chi connectivity index (χ4n) is 1.93. The van der Waals surface area contributed by atoms with Crippen LogP contribution in [0.2, 0.25) is 0 Å². The molecule has 0 saturated carbocycles. The van der Waals surface area contributed by atoms with Crippen LogP contribution in [0.3, 0.4) is 0 Å². The van der Waals surface area contributed by atoms with Crippen LogP contribution in [0.1, 0.15) is 51.2 Å². The molecule has 1 aromatic heterocycles. The predicted octanol–water partition coefficient (Wildman–Crippen LogP) is 3.26. The summed E-state index contributed by atoms with van der Waals surface area (Å²) in [6.07, 6.45) is 2.43. The van der Waals surface area contributed by atoms with Gasteiger partial charge in [-0.1, -0.05) is 27.7 Å². The highest BCUT2D eigenvalue weighted by Gasteiger charge is 2.07. The van der Waals surface area contributed by atoms with E-state index in [0.717, 1.165) is 13.1 Å². The van der Waals surface area contributed by atoms with Gasteiger partial charge in [0.05, 0.1) is 5.69 Å². The Balaban J connectivity index is 2.45. The van der Waals surface area contributed by atoms with Gasteiger partial charge in [-0.05, 0) is 25.9 Å². The van der Waals surface area contributed by atoms with Gasteiger partial charge >= 0.3 is 0 Å². The first-order chi connectivity index (χ1) is 8.65. The molecule has 0 saturated heterocycles. The average Bonchev–Trinajstić information content (AvgIpc) is 2.75. The van der Waals surface area contributed by atoms with Gasteiger partial charge in [0.1, 0.15) is 5.01 Å². The summed E-state index contributed by atoms with van der Waals surface area (Å²) in [5.74, 6) is 0. The molecule has 0 aromatic carbocycles. The third-order valence-electron chi connectivity index (χ3n) is 2.73. The summed E-state index contributed by atoms with van der Waals surface area (Å²) >= 11 is 1.77. The molecule has 1 rings (SSSR count). The number of rotatable bonds is 9. The Morgan fingerprint density at radius 2 is 1.94 bits per heavy atom. The van der Waals surface area contributed by atoms with Crippen molar-refractivity contribution in [3.63, 3.8) is 0 Å². The molecule has 104 valence electrons. The van der Waals surface area contributed by atoms with E-state index in [1.807, 2.05) is 0 Å². The number of hydrogen-bond donors (Lipinski definition) is 1. The monoisotopic (exact) mass is 269 g/mol. The molecule has 3 nitrogen and oxygen atoms in total. The molecule has 0 aliphatic rings. The maximum atomic E-state index is 4.70. The predicted molar refractivity (Wildman–Crippen MR) is 79.9 cm³/mol. The highest BCUT2D eigenvalue weighted by molar-refractivity contribution is 7.09. The van der Waals surface area contributed by atoms with E-state index in [1.54, 1.807) is 11.3 Å². The van der Waals surface area contributed by atoms with Gasteiger partial charge in [-0.15, -0.1) is 11.3 Å². The van der Waals surface area contributed by atoms with E-state index in [0.29, 0.717) is 6.04 Å². The molecule has 0 unspecified atom stereocenters. The number of hydrogen-bond acceptors (Lipinski definition) is 4. The zero-order chi connectivity index (χ0) is 13.4. The van der Waals surface area contributed by atoms with E-state index in [2.05, 4.69) is 43.3 Å². The minimum Gasteiger partial charge on any atom is -0.308 e. The molecule has 1 N–H and O–H groups in total. The third-order valence-corrected chi connectivity index (χ3v) is 3.62. The highest BCUT2D eigenvalue weighted by Crippen LogP contribution is 2.12. The normalized spacial score (nSPS) is 11.7. The molecular weight excluding hydrogens is 242 g/mol. The molecule has 4 heteroatoms. The molecule has 1 aromatic rings. The lowest BCUT2D eigenvalue weighted by Crippen LogP contribution is -2.25. The number of aromatic nitrogens is 1. The quantitative estimate of drug-likeness (QED) is 0.746. The van der Waals surface area contributed by atoms with Gasteiger partial charge in [-0.2, -0.15) is 0 Å². The second-order valence-corrected chi connectivity index (χ2v) is 5.99. The molecule has 0 amide bonds. The summed E-state index contributed by atoms with van der Waals surface area (Å²) < 4.78 is 0. The van der Waals surface area contributed by atoms with Crippen molar-refractivity contribution in [3.8, 4) is 0 Å². The highest BCUT2D eigenvalue weighted by atomic mass is 32.1. The molecule has 0 radical (unpaired) electrons. The summed E-state index contributed by atoms with van der Waals surface area (Å²) in [4.78, 5) is 7.20. The van der Waals surface area contributed by atoms with Crippen LogP contribution in [0.4, 0.5) is 0 Å². The van der Waals surface area contributed by atoms with E-state index in [1.165, 1.54) is 36.6 Å². The molecule has 18 heavy (non-hydrogen) atoms. The van der Waals surface area contributed by atoms with Crippen LogP contribution in [0.25, 0.3) is 0 Å². The number of nitrogens with one attached hydrogen (secondary N) is 1. The Morgan fingerprint density at radius 3 is 2.50 bits per heavy atom. The van der Waals surface area contributed by atoms with Crippen LogP contribution in [-0.4, -0.2) is 29.0 Å². The van der Waals surface area contributed by atoms with Gasteiger partial charge in [-0.25, -0.2) is 4.98 Å².